The van der Waals surface area contributed by atoms with Gasteiger partial charge in [-0.05, 0) is 19.3 Å². The second-order valence-corrected chi connectivity index (χ2v) is 9.71. The molecular weight excluding hydrogens is 412 g/mol. The minimum absolute atomic E-state index is 0.00112. The number of esters is 2. The molecule has 196 valence electrons. The maximum absolute atomic E-state index is 12.0. The lowest BCUT2D eigenvalue weighted by atomic mass is 10.0. The average molecular weight is 469 g/mol. The van der Waals surface area contributed by atoms with Crippen molar-refractivity contribution in [3.63, 3.8) is 0 Å². The lowest BCUT2D eigenvalue weighted by Gasteiger charge is -2.16. The van der Waals surface area contributed by atoms with Crippen molar-refractivity contribution >= 4 is 11.9 Å². The van der Waals surface area contributed by atoms with Crippen LogP contribution in [0.15, 0.2) is 0 Å². The molecule has 4 nitrogen and oxygen atoms in total. The molecule has 0 amide bonds. The number of ether oxygens (including phenoxy) is 2. The summed E-state index contributed by atoms with van der Waals surface area (Å²) in [5.41, 5.74) is 0. The minimum Gasteiger partial charge on any atom is -0.466 e. The molecule has 0 aliphatic rings. The Bertz CT molecular complexity index is 435. The largest absolute Gasteiger partial charge is 0.466 e. The van der Waals surface area contributed by atoms with Gasteiger partial charge in [0.05, 0.1) is 19.4 Å². The highest BCUT2D eigenvalue weighted by atomic mass is 16.5. The molecule has 0 aromatic rings. The highest BCUT2D eigenvalue weighted by Gasteiger charge is 2.15. The van der Waals surface area contributed by atoms with Crippen LogP contribution in [0.5, 0.6) is 0 Å². The van der Waals surface area contributed by atoms with Crippen LogP contribution in [0.2, 0.25) is 0 Å². The summed E-state index contributed by atoms with van der Waals surface area (Å²) >= 11 is 0. The summed E-state index contributed by atoms with van der Waals surface area (Å²) in [5, 5.41) is 0. The molecule has 1 unspecified atom stereocenters. The third kappa shape index (κ3) is 23.9. The first kappa shape index (κ1) is 31.9. The van der Waals surface area contributed by atoms with Gasteiger partial charge < -0.3 is 9.47 Å². The Morgan fingerprint density at radius 1 is 0.515 bits per heavy atom. The highest BCUT2D eigenvalue weighted by molar-refractivity contribution is 5.77. The van der Waals surface area contributed by atoms with Crippen LogP contribution in [-0.4, -0.2) is 24.6 Å². The van der Waals surface area contributed by atoms with Crippen LogP contribution in [0, 0.1) is 0 Å². The molecule has 0 aliphatic heterocycles. The summed E-state index contributed by atoms with van der Waals surface area (Å²) in [6, 6.07) is 0. The monoisotopic (exact) mass is 468 g/mol. The van der Waals surface area contributed by atoms with E-state index in [9.17, 15) is 9.59 Å². The molecule has 0 fully saturated rings. The zero-order chi connectivity index (χ0) is 24.4. The molecule has 0 aromatic heterocycles. The van der Waals surface area contributed by atoms with Gasteiger partial charge in [0.2, 0.25) is 0 Å². The fourth-order valence-corrected chi connectivity index (χ4v) is 4.20. The third-order valence-corrected chi connectivity index (χ3v) is 6.33. The van der Waals surface area contributed by atoms with E-state index in [0.29, 0.717) is 6.61 Å². The molecule has 1 atom stereocenters. The first-order chi connectivity index (χ1) is 16.1. The summed E-state index contributed by atoms with van der Waals surface area (Å²) in [6.07, 6.45) is 25.1. The van der Waals surface area contributed by atoms with Gasteiger partial charge in [0.25, 0.3) is 0 Å². The number of rotatable bonds is 25. The van der Waals surface area contributed by atoms with Crippen molar-refractivity contribution in [1.82, 2.24) is 0 Å². The topological polar surface area (TPSA) is 52.6 Å². The van der Waals surface area contributed by atoms with Gasteiger partial charge in [-0.1, -0.05) is 130 Å². The van der Waals surface area contributed by atoms with Crippen molar-refractivity contribution < 1.29 is 19.1 Å². The summed E-state index contributed by atoms with van der Waals surface area (Å²) < 4.78 is 10.8. The fourth-order valence-electron chi connectivity index (χ4n) is 4.20. The van der Waals surface area contributed by atoms with Gasteiger partial charge in [-0.15, -0.1) is 0 Å². The van der Waals surface area contributed by atoms with Crippen molar-refractivity contribution in [2.24, 2.45) is 0 Å². The van der Waals surface area contributed by atoms with Crippen LogP contribution >= 0.6 is 0 Å². The molecule has 4 heteroatoms. The van der Waals surface area contributed by atoms with Gasteiger partial charge in [-0.25, -0.2) is 0 Å². The van der Waals surface area contributed by atoms with E-state index in [1.807, 2.05) is 0 Å². The van der Waals surface area contributed by atoms with Crippen LogP contribution in [0.4, 0.5) is 0 Å². The molecule has 0 N–H and O–H groups in total. The summed E-state index contributed by atoms with van der Waals surface area (Å²) in [4.78, 5) is 23.8. The van der Waals surface area contributed by atoms with Gasteiger partial charge >= 0.3 is 11.9 Å². The van der Waals surface area contributed by atoms with Crippen molar-refractivity contribution in [2.45, 2.75) is 168 Å². The molecule has 33 heavy (non-hydrogen) atoms. The zero-order valence-electron chi connectivity index (χ0n) is 22.5. The average Bonchev–Trinajstić information content (AvgIpc) is 2.81. The van der Waals surface area contributed by atoms with Crippen LogP contribution in [0.3, 0.4) is 0 Å². The number of unbranched alkanes of at least 4 members (excludes halogenated alkanes) is 15. The normalized spacial score (nSPS) is 12.0. The first-order valence-corrected chi connectivity index (χ1v) is 14.5. The molecule has 0 aromatic carbocycles. The van der Waals surface area contributed by atoms with Crippen molar-refractivity contribution in [3.8, 4) is 0 Å². The molecule has 0 rings (SSSR count). The third-order valence-electron chi connectivity index (χ3n) is 6.33. The number of carbonyl (C=O) groups is 2. The van der Waals surface area contributed by atoms with E-state index in [4.69, 9.17) is 9.47 Å². The van der Waals surface area contributed by atoms with E-state index < -0.39 is 0 Å². The first-order valence-electron chi connectivity index (χ1n) is 14.5. The van der Waals surface area contributed by atoms with E-state index in [2.05, 4.69) is 20.8 Å². The number of hydrogen-bond donors (Lipinski definition) is 0. The van der Waals surface area contributed by atoms with Gasteiger partial charge in [0.15, 0.2) is 0 Å². The Kier molecular flexibility index (Phi) is 24.7. The minimum atomic E-state index is -0.280. The molecule has 0 spiro atoms. The Balaban J connectivity index is 3.44. The lowest BCUT2D eigenvalue weighted by Crippen LogP contribution is -2.19. The molecule has 0 aliphatic carbocycles. The van der Waals surface area contributed by atoms with Crippen molar-refractivity contribution in [3.05, 3.63) is 0 Å². The number of hydrogen-bond acceptors (Lipinski definition) is 4. The second kappa shape index (κ2) is 25.6. The van der Waals surface area contributed by atoms with Crippen LogP contribution in [0.1, 0.15) is 162 Å². The molecular formula is C29H56O4. The molecule has 0 bridgehead atoms. The van der Waals surface area contributed by atoms with Crippen LogP contribution in [-0.2, 0) is 19.1 Å². The van der Waals surface area contributed by atoms with Gasteiger partial charge in [0, 0.05) is 0 Å². The SMILES string of the molecule is CCCCCCCCCCCCCCCCCOC(=O)CCC(=O)OC(CCC)CCCC. The van der Waals surface area contributed by atoms with Gasteiger partial charge in [-0.2, -0.15) is 0 Å². The predicted octanol–water partition coefficient (Wildman–Crippen LogP) is 9.08. The second-order valence-electron chi connectivity index (χ2n) is 9.71. The summed E-state index contributed by atoms with van der Waals surface area (Å²) in [5.74, 6) is -0.550. The Morgan fingerprint density at radius 3 is 1.45 bits per heavy atom. The molecule has 0 radical (unpaired) electrons. The maximum Gasteiger partial charge on any atom is 0.306 e. The Labute approximate surface area is 206 Å². The summed E-state index contributed by atoms with van der Waals surface area (Å²) in [7, 11) is 0. The van der Waals surface area contributed by atoms with E-state index in [-0.39, 0.29) is 30.9 Å². The molecule has 0 saturated carbocycles. The van der Waals surface area contributed by atoms with Crippen LogP contribution in [0.25, 0.3) is 0 Å². The Morgan fingerprint density at radius 2 is 0.970 bits per heavy atom. The van der Waals surface area contributed by atoms with Gasteiger partial charge in [-0.3, -0.25) is 9.59 Å². The fraction of sp³-hybridized carbons (Fsp3) is 0.931. The quantitative estimate of drug-likeness (QED) is 0.0990. The van der Waals surface area contributed by atoms with E-state index in [1.54, 1.807) is 0 Å². The smallest absolute Gasteiger partial charge is 0.306 e. The number of carbonyl (C=O) groups excluding carboxylic acids is 2. The maximum atomic E-state index is 12.0. The zero-order valence-corrected chi connectivity index (χ0v) is 22.5. The van der Waals surface area contributed by atoms with E-state index in [1.165, 1.54) is 83.5 Å². The van der Waals surface area contributed by atoms with E-state index >= 15 is 0 Å². The van der Waals surface area contributed by atoms with E-state index in [0.717, 1.165) is 44.9 Å². The van der Waals surface area contributed by atoms with Crippen molar-refractivity contribution in [1.29, 1.82) is 0 Å². The van der Waals surface area contributed by atoms with Gasteiger partial charge in [0.1, 0.15) is 6.10 Å². The standard InChI is InChI=1S/C29H56O4/c1-4-7-9-10-11-12-13-14-15-16-17-18-19-20-21-26-32-28(30)24-25-29(31)33-27(22-6-3)23-8-5-2/h27H,4-26H2,1-3H3. The Hall–Kier alpha value is -1.06. The molecule has 0 heterocycles. The lowest BCUT2D eigenvalue weighted by molar-refractivity contribution is -0.154. The summed E-state index contributed by atoms with van der Waals surface area (Å²) in [6.45, 7) is 6.98. The van der Waals surface area contributed by atoms with Crippen molar-refractivity contribution in [2.75, 3.05) is 6.61 Å². The van der Waals surface area contributed by atoms with Crippen LogP contribution < -0.4 is 0 Å². The highest BCUT2D eigenvalue weighted by Crippen LogP contribution is 2.14. The predicted molar refractivity (Wildman–Crippen MR) is 139 cm³/mol. The molecule has 0 saturated heterocycles.